The van der Waals surface area contributed by atoms with E-state index < -0.39 is 12.3 Å². The standard InChI is InChI=1S/C31H34F2N8O2/c1-19(39-41(34-6)17-21-10-12-22(13-11-21)29-37-38-30(42-29)27(32)33)23-8-7-9-24(16-23)28-35-25-14-15-40(18-26(25)36-28)20(2)43-31(3,4)5/h7-13,16,27H,2,6,14-15,17-18H2,1,3-5H3,(H,35,36)/b39-19+. The normalized spacial score (nSPS) is 13.7. The first kappa shape index (κ1) is 29.6. The number of hydrazone groups is 2. The average Bonchev–Trinajstić information content (AvgIpc) is 3.64. The highest BCUT2D eigenvalue weighted by Gasteiger charge is 2.24. The zero-order valence-electron chi connectivity index (χ0n) is 24.6. The SMILES string of the molecule is C=NN(Cc1ccc(-c2nnc(C(F)F)o2)cc1)/N=C(\C)c1cccc(-c2nc3c([nH]2)CN(C(=C)OC(C)(C)C)CC3)c1. The van der Waals surface area contributed by atoms with Crippen molar-refractivity contribution >= 4 is 12.4 Å². The van der Waals surface area contributed by atoms with Gasteiger partial charge in [-0.1, -0.05) is 30.3 Å². The van der Waals surface area contributed by atoms with Gasteiger partial charge in [0.05, 0.1) is 30.2 Å². The molecule has 10 nitrogen and oxygen atoms in total. The summed E-state index contributed by atoms with van der Waals surface area (Å²) >= 11 is 0. The van der Waals surface area contributed by atoms with Gasteiger partial charge in [0, 0.05) is 30.8 Å². The molecule has 0 unspecified atom stereocenters. The summed E-state index contributed by atoms with van der Waals surface area (Å²) in [5, 5.41) is 17.3. The highest BCUT2D eigenvalue weighted by atomic mass is 19.3. The van der Waals surface area contributed by atoms with E-state index in [9.17, 15) is 8.78 Å². The van der Waals surface area contributed by atoms with Crippen molar-refractivity contribution in [3.8, 4) is 22.8 Å². The lowest BCUT2D eigenvalue weighted by Crippen LogP contribution is -2.33. The van der Waals surface area contributed by atoms with Crippen LogP contribution in [0.15, 0.2) is 75.6 Å². The molecule has 0 saturated heterocycles. The molecule has 0 saturated carbocycles. The molecule has 2 aromatic carbocycles. The smallest absolute Gasteiger partial charge is 0.314 e. The Morgan fingerprint density at radius 2 is 1.93 bits per heavy atom. The summed E-state index contributed by atoms with van der Waals surface area (Å²) in [6, 6.07) is 15.1. The van der Waals surface area contributed by atoms with Gasteiger partial charge in [-0.05, 0) is 63.6 Å². The Hall–Kier alpha value is -4.87. The van der Waals surface area contributed by atoms with E-state index in [0.29, 0.717) is 24.5 Å². The molecule has 3 heterocycles. The van der Waals surface area contributed by atoms with Gasteiger partial charge in [-0.3, -0.25) is 0 Å². The van der Waals surface area contributed by atoms with E-state index in [2.05, 4.69) is 43.6 Å². The maximum atomic E-state index is 12.8. The van der Waals surface area contributed by atoms with E-state index in [4.69, 9.17) is 14.1 Å². The molecule has 0 fully saturated rings. The average molecular weight is 589 g/mol. The van der Waals surface area contributed by atoms with Crippen LogP contribution in [0.1, 0.15) is 62.5 Å². The topological polar surface area (TPSA) is 108 Å². The van der Waals surface area contributed by atoms with Crippen LogP contribution in [0, 0.1) is 0 Å². The van der Waals surface area contributed by atoms with Gasteiger partial charge >= 0.3 is 6.43 Å². The molecular weight excluding hydrogens is 554 g/mol. The lowest BCUT2D eigenvalue weighted by molar-refractivity contribution is -0.00108. The van der Waals surface area contributed by atoms with Crippen molar-refractivity contribution in [2.24, 2.45) is 10.2 Å². The number of benzene rings is 2. The number of aromatic amines is 1. The van der Waals surface area contributed by atoms with E-state index in [-0.39, 0.29) is 11.5 Å². The number of aromatic nitrogens is 4. The number of fused-ring (bicyclic) bond motifs is 1. The molecule has 0 radical (unpaired) electrons. The predicted octanol–water partition coefficient (Wildman–Crippen LogP) is 6.55. The van der Waals surface area contributed by atoms with Crippen LogP contribution >= 0.6 is 0 Å². The molecule has 0 atom stereocenters. The van der Waals surface area contributed by atoms with Crippen molar-refractivity contribution in [2.75, 3.05) is 6.54 Å². The predicted molar refractivity (Wildman–Crippen MR) is 160 cm³/mol. The van der Waals surface area contributed by atoms with Crippen LogP contribution in [0.4, 0.5) is 8.78 Å². The Morgan fingerprint density at radius 1 is 1.16 bits per heavy atom. The van der Waals surface area contributed by atoms with Gasteiger partial charge in [0.2, 0.25) is 5.89 Å². The first-order chi connectivity index (χ1) is 20.5. The monoisotopic (exact) mass is 588 g/mol. The number of halogens is 2. The molecule has 43 heavy (non-hydrogen) atoms. The first-order valence-corrected chi connectivity index (χ1v) is 13.8. The van der Waals surface area contributed by atoms with Gasteiger partial charge in [0.1, 0.15) is 11.4 Å². The minimum Gasteiger partial charge on any atom is -0.474 e. The summed E-state index contributed by atoms with van der Waals surface area (Å²) in [5.41, 5.74) is 5.81. The fraction of sp³-hybridized carbons (Fsp3) is 0.323. The molecular formula is C31H34F2N8O2. The van der Waals surface area contributed by atoms with Crippen molar-refractivity contribution < 1.29 is 17.9 Å². The summed E-state index contributed by atoms with van der Waals surface area (Å²) in [5.74, 6) is 0.782. The molecule has 12 heteroatoms. The Morgan fingerprint density at radius 3 is 2.60 bits per heavy atom. The number of nitrogens with one attached hydrogen (secondary N) is 1. The molecule has 1 N–H and O–H groups in total. The molecule has 1 aliphatic rings. The maximum Gasteiger partial charge on any atom is 0.314 e. The maximum absolute atomic E-state index is 12.8. The number of H-pyrrole nitrogens is 1. The minimum absolute atomic E-state index is 0.0315. The van der Waals surface area contributed by atoms with Crippen LogP contribution in [0.25, 0.3) is 22.8 Å². The van der Waals surface area contributed by atoms with E-state index >= 15 is 0 Å². The second kappa shape index (κ2) is 12.2. The number of imidazole rings is 1. The van der Waals surface area contributed by atoms with Crippen molar-refractivity contribution in [1.82, 2.24) is 30.2 Å². The van der Waals surface area contributed by atoms with E-state index in [0.717, 1.165) is 52.6 Å². The Labute approximate surface area is 248 Å². The molecule has 0 bridgehead atoms. The Kier molecular flexibility index (Phi) is 8.38. The number of ether oxygens (including phenoxy) is 1. The summed E-state index contributed by atoms with van der Waals surface area (Å²) in [6.07, 6.45) is -2.02. The third-order valence-electron chi connectivity index (χ3n) is 6.74. The third kappa shape index (κ3) is 7.14. The number of hydrogen-bond donors (Lipinski definition) is 1. The zero-order chi connectivity index (χ0) is 30.7. The van der Waals surface area contributed by atoms with Crippen molar-refractivity contribution in [3.05, 3.63) is 89.4 Å². The van der Waals surface area contributed by atoms with E-state index in [1.54, 1.807) is 12.1 Å². The largest absolute Gasteiger partial charge is 0.474 e. The van der Waals surface area contributed by atoms with Crippen molar-refractivity contribution in [3.63, 3.8) is 0 Å². The van der Waals surface area contributed by atoms with Crippen molar-refractivity contribution in [1.29, 1.82) is 0 Å². The second-order valence-electron chi connectivity index (χ2n) is 11.2. The van der Waals surface area contributed by atoms with Crippen LogP contribution in [0.2, 0.25) is 0 Å². The lowest BCUT2D eigenvalue weighted by Gasteiger charge is -2.33. The molecule has 0 aliphatic carbocycles. The van der Waals surface area contributed by atoms with Crippen molar-refractivity contribution in [2.45, 2.75) is 59.2 Å². The number of alkyl halides is 2. The van der Waals surface area contributed by atoms with Crippen LogP contribution in [0.3, 0.4) is 0 Å². The molecule has 0 amide bonds. The molecule has 1 aliphatic heterocycles. The molecule has 0 spiro atoms. The quantitative estimate of drug-likeness (QED) is 0.127. The fourth-order valence-electron chi connectivity index (χ4n) is 4.66. The van der Waals surface area contributed by atoms with Crippen LogP contribution in [-0.4, -0.2) is 54.8 Å². The van der Waals surface area contributed by atoms with Crippen LogP contribution in [-0.2, 0) is 24.2 Å². The zero-order valence-corrected chi connectivity index (χ0v) is 24.6. The van der Waals surface area contributed by atoms with Crippen LogP contribution in [0.5, 0.6) is 0 Å². The summed E-state index contributed by atoms with van der Waals surface area (Å²) in [6.45, 7) is 17.5. The van der Waals surface area contributed by atoms with Gasteiger partial charge < -0.3 is 19.0 Å². The summed E-state index contributed by atoms with van der Waals surface area (Å²) in [4.78, 5) is 10.5. The Balaban J connectivity index is 1.27. The third-order valence-corrected chi connectivity index (χ3v) is 6.74. The van der Waals surface area contributed by atoms with Gasteiger partial charge in [-0.2, -0.15) is 24.1 Å². The number of rotatable bonds is 10. The Bertz CT molecular complexity index is 1640. The van der Waals surface area contributed by atoms with Crippen LogP contribution < -0.4 is 0 Å². The number of nitrogens with zero attached hydrogens (tertiary/aromatic N) is 7. The minimum atomic E-state index is -2.82. The van der Waals surface area contributed by atoms with E-state index in [1.807, 2.05) is 64.1 Å². The molecule has 2 aromatic heterocycles. The molecule has 4 aromatic rings. The summed E-state index contributed by atoms with van der Waals surface area (Å²) in [7, 11) is 0. The highest BCUT2D eigenvalue weighted by molar-refractivity contribution is 5.99. The van der Waals surface area contributed by atoms with Gasteiger partial charge in [0.25, 0.3) is 5.89 Å². The van der Waals surface area contributed by atoms with Gasteiger partial charge in [0.15, 0.2) is 5.88 Å². The second-order valence-corrected chi connectivity index (χ2v) is 11.2. The highest BCUT2D eigenvalue weighted by Crippen LogP contribution is 2.27. The first-order valence-electron chi connectivity index (χ1n) is 13.8. The van der Waals surface area contributed by atoms with E-state index in [1.165, 1.54) is 5.12 Å². The fourth-order valence-corrected chi connectivity index (χ4v) is 4.66. The number of hydrogen-bond acceptors (Lipinski definition) is 9. The molecule has 5 rings (SSSR count). The summed E-state index contributed by atoms with van der Waals surface area (Å²) < 4.78 is 36.5. The van der Waals surface area contributed by atoms with Gasteiger partial charge in [-0.15, -0.1) is 10.2 Å². The lowest BCUT2D eigenvalue weighted by atomic mass is 10.1. The molecule has 224 valence electrons. The van der Waals surface area contributed by atoms with Gasteiger partial charge in [-0.25, -0.2) is 4.98 Å².